The molecule has 0 aromatic heterocycles. The molecule has 13 heteroatoms. The van der Waals surface area contributed by atoms with E-state index in [9.17, 15) is 34.4 Å². The maximum atomic E-state index is 12.7. The molecule has 3 aromatic carbocycles. The fourth-order valence-corrected chi connectivity index (χ4v) is 3.93. The number of nitro groups is 1. The summed E-state index contributed by atoms with van der Waals surface area (Å²) in [6.45, 7) is 0. The normalized spacial score (nSPS) is 12.2. The average Bonchev–Trinajstić information content (AvgIpc) is 2.92. The quantitative estimate of drug-likeness (QED) is 0.101. The molecule has 0 aliphatic carbocycles. The fourth-order valence-electron chi connectivity index (χ4n) is 3.74. The van der Waals surface area contributed by atoms with Crippen LogP contribution in [0.15, 0.2) is 72.8 Å². The minimum atomic E-state index is -1.86. The first-order valence-electron chi connectivity index (χ1n) is 11.4. The number of hydrazine groups is 1. The number of hydrogen-bond acceptors (Lipinski definition) is 8. The van der Waals surface area contributed by atoms with Crippen molar-refractivity contribution in [3.63, 3.8) is 0 Å². The molecule has 2 atom stereocenters. The van der Waals surface area contributed by atoms with E-state index in [1.54, 1.807) is 42.5 Å². The Labute approximate surface area is 226 Å². The molecule has 0 unspecified atom stereocenters. The maximum absolute atomic E-state index is 12.7. The second kappa shape index (κ2) is 12.7. The van der Waals surface area contributed by atoms with Gasteiger partial charge in [-0.3, -0.25) is 24.5 Å². The van der Waals surface area contributed by atoms with Crippen molar-refractivity contribution in [2.45, 2.75) is 25.0 Å². The third-order valence-corrected chi connectivity index (χ3v) is 5.92. The molecule has 3 aromatic rings. The van der Waals surface area contributed by atoms with Crippen molar-refractivity contribution in [1.29, 1.82) is 0 Å². The van der Waals surface area contributed by atoms with Crippen molar-refractivity contribution in [3.8, 4) is 11.1 Å². The number of nitro benzene ring substituents is 1. The first-order chi connectivity index (χ1) is 18.5. The zero-order chi connectivity index (χ0) is 28.7. The Bertz CT molecular complexity index is 1410. The van der Waals surface area contributed by atoms with Gasteiger partial charge in [-0.15, -0.1) is 0 Å². The molecule has 0 fully saturated rings. The second-order valence-corrected chi connectivity index (χ2v) is 8.86. The van der Waals surface area contributed by atoms with Crippen LogP contribution in [0.25, 0.3) is 11.1 Å². The summed E-state index contributed by atoms with van der Waals surface area (Å²) in [4.78, 5) is 59.4. The smallest absolute Gasteiger partial charge is 0.333 e. The highest BCUT2D eigenvalue weighted by Crippen LogP contribution is 2.24. The Balaban J connectivity index is 1.76. The van der Waals surface area contributed by atoms with E-state index in [0.29, 0.717) is 10.6 Å². The van der Waals surface area contributed by atoms with Crippen molar-refractivity contribution < 1.29 is 34.3 Å². The molecule has 202 valence electrons. The summed E-state index contributed by atoms with van der Waals surface area (Å²) in [5, 5.41) is 33.0. The predicted octanol–water partition coefficient (Wildman–Crippen LogP) is 2.32. The summed E-state index contributed by atoms with van der Waals surface area (Å²) in [6.07, 6.45) is -2.31. The van der Waals surface area contributed by atoms with Gasteiger partial charge in [0.15, 0.2) is 6.10 Å². The zero-order valence-corrected chi connectivity index (χ0v) is 20.9. The average molecular weight is 555 g/mol. The summed E-state index contributed by atoms with van der Waals surface area (Å²) in [7, 11) is 0. The van der Waals surface area contributed by atoms with Crippen LogP contribution >= 0.6 is 11.6 Å². The molecule has 0 saturated carbocycles. The third-order valence-electron chi connectivity index (χ3n) is 5.69. The number of hydrogen-bond donors (Lipinski definition) is 4. The molecule has 39 heavy (non-hydrogen) atoms. The van der Waals surface area contributed by atoms with Gasteiger partial charge >= 0.3 is 17.8 Å². The van der Waals surface area contributed by atoms with Crippen LogP contribution in [0.4, 0.5) is 5.69 Å². The van der Waals surface area contributed by atoms with Gasteiger partial charge in [0.05, 0.1) is 4.92 Å². The highest BCUT2D eigenvalue weighted by atomic mass is 35.5. The lowest BCUT2D eigenvalue weighted by molar-refractivity contribution is -0.385. The number of aliphatic carboxylic acids is 1. The zero-order valence-electron chi connectivity index (χ0n) is 20.2. The van der Waals surface area contributed by atoms with E-state index in [-0.39, 0.29) is 11.4 Å². The summed E-state index contributed by atoms with van der Waals surface area (Å²) < 4.78 is 0. The largest absolute Gasteiger partial charge is 0.479 e. The number of carboxylic acid groups (broad SMARTS) is 1. The summed E-state index contributed by atoms with van der Waals surface area (Å²) in [6, 6.07) is 17.9. The number of aliphatic hydroxyl groups excluding tert-OH is 1. The van der Waals surface area contributed by atoms with Crippen LogP contribution in [-0.4, -0.2) is 56.0 Å². The first-order valence-corrected chi connectivity index (χ1v) is 11.8. The van der Waals surface area contributed by atoms with E-state index in [1.807, 2.05) is 6.07 Å². The Morgan fingerprint density at radius 2 is 1.67 bits per heavy atom. The summed E-state index contributed by atoms with van der Waals surface area (Å²) in [5.41, 5.74) is 1.21. The van der Waals surface area contributed by atoms with Gasteiger partial charge in [0, 0.05) is 23.6 Å². The van der Waals surface area contributed by atoms with Crippen molar-refractivity contribution in [1.82, 2.24) is 10.3 Å². The Hall–Kier alpha value is -4.65. The standard InChI is InChI=1S/C26H23ClN4O8/c27-18-5-3-4-17(13-18)16-10-8-15(9-11-16)12-19(14-22(32)26(36)37)29-23(33)25(35)30(28)24(34)20-6-1-2-7-21(20)31(38)39/h1-11,13,19,22,32H,12,14,28H2,(H,29,33)(H,36,37)/t19-,22-/m1/s1. The number of rotatable bonds is 9. The van der Waals surface area contributed by atoms with Crippen LogP contribution in [0.3, 0.4) is 0 Å². The van der Waals surface area contributed by atoms with Crippen LogP contribution in [0.5, 0.6) is 0 Å². The van der Waals surface area contributed by atoms with Gasteiger partial charge in [0.25, 0.3) is 11.6 Å². The maximum Gasteiger partial charge on any atom is 0.333 e. The monoisotopic (exact) mass is 554 g/mol. The minimum absolute atomic E-state index is 0.0157. The summed E-state index contributed by atoms with van der Waals surface area (Å²) >= 11 is 6.04. The van der Waals surface area contributed by atoms with Gasteiger partial charge in [0.2, 0.25) is 0 Å². The number of para-hydroxylation sites is 1. The predicted molar refractivity (Wildman–Crippen MR) is 139 cm³/mol. The molecule has 0 radical (unpaired) electrons. The lowest BCUT2D eigenvalue weighted by Crippen LogP contribution is -2.52. The van der Waals surface area contributed by atoms with E-state index >= 15 is 0 Å². The molecule has 3 rings (SSSR count). The van der Waals surface area contributed by atoms with Crippen molar-refractivity contribution >= 4 is 41.0 Å². The molecule has 3 amide bonds. The molecular weight excluding hydrogens is 532 g/mol. The number of nitrogens with one attached hydrogen (secondary N) is 1. The minimum Gasteiger partial charge on any atom is -0.479 e. The molecular formula is C26H23ClN4O8. The Kier molecular flexibility index (Phi) is 9.44. The molecule has 12 nitrogen and oxygen atoms in total. The van der Waals surface area contributed by atoms with Crippen LogP contribution in [-0.2, 0) is 20.8 Å². The SMILES string of the molecule is NN(C(=O)C(=O)N[C@H](Cc1ccc(-c2cccc(Cl)c2)cc1)C[C@@H](O)C(=O)O)C(=O)c1ccccc1[N+](=O)[O-]. The van der Waals surface area contributed by atoms with Gasteiger partial charge in [-0.05, 0) is 41.3 Å². The molecule has 0 bridgehead atoms. The van der Waals surface area contributed by atoms with Crippen LogP contribution in [0.2, 0.25) is 5.02 Å². The van der Waals surface area contributed by atoms with Gasteiger partial charge in [-0.25, -0.2) is 15.6 Å². The van der Waals surface area contributed by atoms with Gasteiger partial charge in [-0.1, -0.05) is 60.1 Å². The number of imide groups is 1. The molecule has 0 spiro atoms. The number of aliphatic hydroxyl groups is 1. The number of carbonyl (C=O) groups is 4. The lowest BCUT2D eigenvalue weighted by atomic mass is 9.98. The Morgan fingerprint density at radius 3 is 2.28 bits per heavy atom. The van der Waals surface area contributed by atoms with E-state index in [0.717, 1.165) is 23.3 Å². The van der Waals surface area contributed by atoms with Crippen molar-refractivity contribution in [3.05, 3.63) is 99.1 Å². The number of amides is 3. The molecule has 0 saturated heterocycles. The van der Waals surface area contributed by atoms with Crippen LogP contribution < -0.4 is 11.2 Å². The highest BCUT2D eigenvalue weighted by molar-refractivity contribution is 6.38. The van der Waals surface area contributed by atoms with Crippen LogP contribution in [0, 0.1) is 10.1 Å². The highest BCUT2D eigenvalue weighted by Gasteiger charge is 2.32. The number of halogens is 1. The first kappa shape index (κ1) is 28.9. The van der Waals surface area contributed by atoms with Gasteiger partial charge < -0.3 is 15.5 Å². The van der Waals surface area contributed by atoms with E-state index in [4.69, 9.17) is 22.6 Å². The van der Waals surface area contributed by atoms with Crippen molar-refractivity contribution in [2.24, 2.45) is 5.84 Å². The number of carbonyl (C=O) groups excluding carboxylic acids is 3. The topological polar surface area (TPSA) is 193 Å². The molecule has 0 heterocycles. The Morgan fingerprint density at radius 1 is 1.00 bits per heavy atom. The molecule has 5 N–H and O–H groups in total. The number of nitrogens with zero attached hydrogens (tertiary/aromatic N) is 2. The van der Waals surface area contributed by atoms with E-state index in [1.165, 1.54) is 12.1 Å². The van der Waals surface area contributed by atoms with Gasteiger partial charge in [-0.2, -0.15) is 0 Å². The molecule has 0 aliphatic rings. The van der Waals surface area contributed by atoms with Crippen molar-refractivity contribution in [2.75, 3.05) is 0 Å². The summed E-state index contributed by atoms with van der Waals surface area (Å²) in [5.74, 6) is -0.218. The third kappa shape index (κ3) is 7.45. The van der Waals surface area contributed by atoms with E-state index in [2.05, 4.69) is 5.32 Å². The van der Waals surface area contributed by atoms with Gasteiger partial charge in [0.1, 0.15) is 5.56 Å². The second-order valence-electron chi connectivity index (χ2n) is 8.43. The lowest BCUT2D eigenvalue weighted by Gasteiger charge is -2.21. The fraction of sp³-hybridized carbons (Fsp3) is 0.154. The number of nitrogens with two attached hydrogens (primary N) is 1. The van der Waals surface area contributed by atoms with Crippen LogP contribution in [0.1, 0.15) is 22.3 Å². The number of carboxylic acids is 1. The number of benzene rings is 3. The van der Waals surface area contributed by atoms with E-state index < -0.39 is 58.4 Å². The molecule has 0 aliphatic heterocycles.